The predicted octanol–water partition coefficient (Wildman–Crippen LogP) is 3.43. The summed E-state index contributed by atoms with van der Waals surface area (Å²) in [5.74, 6) is 0.539. The van der Waals surface area contributed by atoms with Crippen molar-refractivity contribution in [3.8, 4) is 11.5 Å². The average molecular weight is 328 g/mol. The van der Waals surface area contributed by atoms with Crippen LogP contribution in [0.4, 0.5) is 0 Å². The molecule has 1 unspecified atom stereocenters. The van der Waals surface area contributed by atoms with E-state index in [9.17, 15) is 4.79 Å². The van der Waals surface area contributed by atoms with Crippen LogP contribution in [0.1, 0.15) is 31.0 Å². The van der Waals surface area contributed by atoms with E-state index in [1.165, 1.54) is 5.56 Å². The van der Waals surface area contributed by atoms with E-state index in [2.05, 4.69) is 28.9 Å². The molecule has 0 bridgehead atoms. The van der Waals surface area contributed by atoms with Crippen molar-refractivity contribution in [1.82, 2.24) is 9.88 Å². The summed E-state index contributed by atoms with van der Waals surface area (Å²) in [6.07, 6.45) is 3.63. The van der Waals surface area contributed by atoms with Gasteiger partial charge in [0.25, 0.3) is 0 Å². The molecule has 1 fully saturated rings. The van der Waals surface area contributed by atoms with Crippen LogP contribution in [0.15, 0.2) is 34.9 Å². The van der Waals surface area contributed by atoms with Gasteiger partial charge in [0.05, 0.1) is 18.2 Å². The number of benzene rings is 1. The molecular formula is C19H24N2O3. The molecule has 1 aliphatic rings. The summed E-state index contributed by atoms with van der Waals surface area (Å²) in [5.41, 5.74) is 3.07. The van der Waals surface area contributed by atoms with Crippen molar-refractivity contribution < 1.29 is 13.9 Å². The Kier molecular flexibility index (Phi) is 5.30. The number of hydrogen-bond donors (Lipinski definition) is 0. The normalized spacial score (nSPS) is 18.5. The van der Waals surface area contributed by atoms with Crippen molar-refractivity contribution in [3.63, 3.8) is 0 Å². The van der Waals surface area contributed by atoms with Gasteiger partial charge in [-0.3, -0.25) is 9.69 Å². The number of oxazole rings is 1. The number of hydrogen-bond acceptors (Lipinski definition) is 5. The Morgan fingerprint density at radius 3 is 3.12 bits per heavy atom. The van der Waals surface area contributed by atoms with Gasteiger partial charge >= 0.3 is 5.97 Å². The van der Waals surface area contributed by atoms with E-state index in [-0.39, 0.29) is 11.9 Å². The minimum atomic E-state index is -0.0807. The number of rotatable bonds is 5. The predicted molar refractivity (Wildman–Crippen MR) is 91.3 cm³/mol. The minimum Gasteiger partial charge on any atom is -0.466 e. The molecule has 0 spiro atoms. The first-order chi connectivity index (χ1) is 11.7. The maximum atomic E-state index is 11.9. The monoisotopic (exact) mass is 328 g/mol. The van der Waals surface area contributed by atoms with Crippen LogP contribution in [0.3, 0.4) is 0 Å². The smallest absolute Gasteiger partial charge is 0.310 e. The standard InChI is InChI=1S/C19H24N2O3/c1-3-23-19(22)16-8-5-9-21(11-16)12-17-13-24-18(20-17)15-7-4-6-14(2)10-15/h4,6-7,10,13,16H,3,5,8-9,11-12H2,1-2H3. The fourth-order valence-electron chi connectivity index (χ4n) is 3.17. The Labute approximate surface area is 142 Å². The summed E-state index contributed by atoms with van der Waals surface area (Å²) in [5, 5.41) is 0. The molecule has 1 atom stereocenters. The molecule has 0 radical (unpaired) electrons. The van der Waals surface area contributed by atoms with Crippen molar-refractivity contribution in [2.45, 2.75) is 33.2 Å². The lowest BCUT2D eigenvalue weighted by Gasteiger charge is -2.30. The zero-order chi connectivity index (χ0) is 16.9. The fraction of sp³-hybridized carbons (Fsp3) is 0.474. The lowest BCUT2D eigenvalue weighted by atomic mass is 9.98. The van der Waals surface area contributed by atoms with Crippen LogP contribution in [0.5, 0.6) is 0 Å². The maximum absolute atomic E-state index is 11.9. The van der Waals surface area contributed by atoms with Crippen LogP contribution < -0.4 is 0 Å². The van der Waals surface area contributed by atoms with Crippen molar-refractivity contribution in [2.75, 3.05) is 19.7 Å². The minimum absolute atomic E-state index is 0.0261. The van der Waals surface area contributed by atoms with Gasteiger partial charge in [0, 0.05) is 18.7 Å². The number of nitrogens with zero attached hydrogens (tertiary/aromatic N) is 2. The van der Waals surface area contributed by atoms with E-state index >= 15 is 0 Å². The molecule has 1 aromatic carbocycles. The number of ether oxygens (including phenoxy) is 1. The molecule has 2 heterocycles. The van der Waals surface area contributed by atoms with Gasteiger partial charge in [-0.2, -0.15) is 0 Å². The second-order valence-corrected chi connectivity index (χ2v) is 6.34. The molecule has 0 aliphatic carbocycles. The second-order valence-electron chi connectivity index (χ2n) is 6.34. The molecule has 5 nitrogen and oxygen atoms in total. The van der Waals surface area contributed by atoms with Crippen LogP contribution in [-0.2, 0) is 16.1 Å². The molecule has 24 heavy (non-hydrogen) atoms. The highest BCUT2D eigenvalue weighted by Crippen LogP contribution is 2.23. The van der Waals surface area contributed by atoms with Crippen molar-refractivity contribution in [3.05, 3.63) is 41.8 Å². The Bertz CT molecular complexity index is 695. The third-order valence-electron chi connectivity index (χ3n) is 4.33. The topological polar surface area (TPSA) is 55.6 Å². The number of carbonyl (C=O) groups is 1. The van der Waals surface area contributed by atoms with E-state index in [1.807, 2.05) is 19.1 Å². The molecule has 0 amide bonds. The molecule has 0 N–H and O–H groups in total. The summed E-state index contributed by atoms with van der Waals surface area (Å²) in [6, 6.07) is 8.12. The summed E-state index contributed by atoms with van der Waals surface area (Å²) in [6.45, 7) is 6.75. The van der Waals surface area contributed by atoms with Crippen LogP contribution >= 0.6 is 0 Å². The molecule has 0 saturated carbocycles. The summed E-state index contributed by atoms with van der Waals surface area (Å²) < 4.78 is 10.8. The number of aryl methyl sites for hydroxylation is 1. The number of esters is 1. The van der Waals surface area contributed by atoms with Gasteiger partial charge in [0.15, 0.2) is 0 Å². The molecule has 5 heteroatoms. The highest BCUT2D eigenvalue weighted by Gasteiger charge is 2.27. The lowest BCUT2D eigenvalue weighted by molar-refractivity contribution is -0.150. The number of likely N-dealkylation sites (tertiary alicyclic amines) is 1. The van der Waals surface area contributed by atoms with Crippen LogP contribution in [0.25, 0.3) is 11.5 Å². The Hall–Kier alpha value is -2.14. The summed E-state index contributed by atoms with van der Waals surface area (Å²) >= 11 is 0. The fourth-order valence-corrected chi connectivity index (χ4v) is 3.17. The van der Waals surface area contributed by atoms with Gasteiger partial charge < -0.3 is 9.15 Å². The van der Waals surface area contributed by atoms with E-state index < -0.39 is 0 Å². The largest absolute Gasteiger partial charge is 0.466 e. The first-order valence-electron chi connectivity index (χ1n) is 8.56. The molecule has 128 valence electrons. The quantitative estimate of drug-likeness (QED) is 0.787. The molecular weight excluding hydrogens is 304 g/mol. The van der Waals surface area contributed by atoms with E-state index in [0.29, 0.717) is 19.0 Å². The number of carbonyl (C=O) groups excluding carboxylic acids is 1. The SMILES string of the molecule is CCOC(=O)C1CCCN(Cc2coc(-c3cccc(C)c3)n2)C1. The maximum Gasteiger partial charge on any atom is 0.310 e. The van der Waals surface area contributed by atoms with Crippen LogP contribution in [0.2, 0.25) is 0 Å². The Morgan fingerprint density at radius 1 is 1.46 bits per heavy atom. The zero-order valence-electron chi connectivity index (χ0n) is 14.3. The number of aromatic nitrogens is 1. The van der Waals surface area contributed by atoms with E-state index in [0.717, 1.165) is 37.2 Å². The Morgan fingerprint density at radius 2 is 2.33 bits per heavy atom. The first kappa shape index (κ1) is 16.7. The molecule has 3 rings (SSSR count). The van der Waals surface area contributed by atoms with Crippen molar-refractivity contribution >= 4 is 5.97 Å². The third-order valence-corrected chi connectivity index (χ3v) is 4.33. The van der Waals surface area contributed by atoms with Gasteiger partial charge in [0.1, 0.15) is 6.26 Å². The molecule has 1 saturated heterocycles. The van der Waals surface area contributed by atoms with Gasteiger partial charge in [-0.25, -0.2) is 4.98 Å². The van der Waals surface area contributed by atoms with Crippen molar-refractivity contribution in [1.29, 1.82) is 0 Å². The van der Waals surface area contributed by atoms with Gasteiger partial charge in [-0.15, -0.1) is 0 Å². The van der Waals surface area contributed by atoms with Gasteiger partial charge in [0.2, 0.25) is 5.89 Å². The summed E-state index contributed by atoms with van der Waals surface area (Å²) in [4.78, 5) is 18.8. The van der Waals surface area contributed by atoms with Crippen molar-refractivity contribution in [2.24, 2.45) is 5.92 Å². The molecule has 2 aromatic rings. The molecule has 1 aliphatic heterocycles. The Balaban J connectivity index is 1.63. The average Bonchev–Trinajstić information content (AvgIpc) is 3.04. The van der Waals surface area contributed by atoms with Crippen LogP contribution in [-0.4, -0.2) is 35.5 Å². The van der Waals surface area contributed by atoms with E-state index in [1.54, 1.807) is 6.26 Å². The highest BCUT2D eigenvalue weighted by molar-refractivity contribution is 5.72. The first-order valence-corrected chi connectivity index (χ1v) is 8.56. The second kappa shape index (κ2) is 7.62. The summed E-state index contributed by atoms with van der Waals surface area (Å²) in [7, 11) is 0. The van der Waals surface area contributed by atoms with E-state index in [4.69, 9.17) is 9.15 Å². The van der Waals surface area contributed by atoms with Gasteiger partial charge in [-0.05, 0) is 45.4 Å². The number of piperidine rings is 1. The zero-order valence-corrected chi connectivity index (χ0v) is 14.3. The van der Waals surface area contributed by atoms with Crippen LogP contribution in [0, 0.1) is 12.8 Å². The third kappa shape index (κ3) is 4.03. The molecule has 1 aromatic heterocycles. The van der Waals surface area contributed by atoms with Gasteiger partial charge in [-0.1, -0.05) is 17.7 Å². The lowest BCUT2D eigenvalue weighted by Crippen LogP contribution is -2.39. The highest BCUT2D eigenvalue weighted by atomic mass is 16.5.